The average Bonchev–Trinajstić information content (AvgIpc) is 2.85. The van der Waals surface area contributed by atoms with Crippen molar-refractivity contribution in [3.8, 4) is 17.2 Å². The van der Waals surface area contributed by atoms with E-state index in [9.17, 15) is 29.9 Å². The van der Waals surface area contributed by atoms with Crippen molar-refractivity contribution in [1.29, 1.82) is 0 Å². The number of aliphatic hydroxyl groups is 1. The second-order valence-electron chi connectivity index (χ2n) is 8.32. The van der Waals surface area contributed by atoms with Gasteiger partial charge in [0.05, 0.1) is 23.6 Å². The van der Waals surface area contributed by atoms with Gasteiger partial charge in [-0.2, -0.15) is 0 Å². The lowest BCUT2D eigenvalue weighted by atomic mass is 10.0. The predicted molar refractivity (Wildman–Crippen MR) is 128 cm³/mol. The second kappa shape index (κ2) is 10.4. The van der Waals surface area contributed by atoms with E-state index in [0.717, 1.165) is 0 Å². The Morgan fingerprint density at radius 2 is 1.75 bits per heavy atom. The first-order chi connectivity index (χ1) is 17.2. The van der Waals surface area contributed by atoms with Crippen molar-refractivity contribution in [3.63, 3.8) is 0 Å². The molecule has 2 amide bonds. The molecule has 0 unspecified atom stereocenters. The Morgan fingerprint density at radius 1 is 1.00 bits per heavy atom. The van der Waals surface area contributed by atoms with E-state index < -0.39 is 41.5 Å². The summed E-state index contributed by atoms with van der Waals surface area (Å²) in [6, 6.07) is 13.2. The molecule has 0 saturated heterocycles. The van der Waals surface area contributed by atoms with Crippen molar-refractivity contribution in [1.82, 2.24) is 10.6 Å². The highest BCUT2D eigenvalue weighted by Crippen LogP contribution is 2.33. The number of ether oxygens (including phenoxy) is 1. The van der Waals surface area contributed by atoms with Gasteiger partial charge in [0, 0.05) is 6.07 Å². The summed E-state index contributed by atoms with van der Waals surface area (Å²) in [6.07, 6.45) is -0.0456. The number of benzene rings is 3. The minimum Gasteiger partial charge on any atom is -0.508 e. The van der Waals surface area contributed by atoms with Gasteiger partial charge in [0.1, 0.15) is 17.5 Å². The SMILES string of the molecule is N[C@H]1Cc2ccc(c([N+](=O)[O-])c2)Oc2cccc(c2)[C@H](CO)NC(=O)[C@@H](c2cccc(O)c2)NC1=O. The normalized spacial score (nSPS) is 20.2. The van der Waals surface area contributed by atoms with Crippen LogP contribution in [0.4, 0.5) is 5.69 Å². The fourth-order valence-corrected chi connectivity index (χ4v) is 3.93. The molecule has 3 aromatic carbocycles. The lowest BCUT2D eigenvalue weighted by molar-refractivity contribution is -0.385. The number of carbonyl (C=O) groups is 2. The number of nitro benzene ring substituents is 1. The fourth-order valence-electron chi connectivity index (χ4n) is 3.93. The van der Waals surface area contributed by atoms with Crippen LogP contribution >= 0.6 is 0 Å². The molecule has 3 aromatic rings. The Balaban J connectivity index is 1.80. The van der Waals surface area contributed by atoms with Crippen LogP contribution in [0, 0.1) is 10.1 Å². The number of amides is 2. The van der Waals surface area contributed by atoms with Gasteiger partial charge in [-0.3, -0.25) is 19.7 Å². The van der Waals surface area contributed by atoms with Gasteiger partial charge in [0.25, 0.3) is 0 Å². The van der Waals surface area contributed by atoms with E-state index in [1.165, 1.54) is 30.3 Å². The molecule has 2 heterocycles. The lowest BCUT2D eigenvalue weighted by Gasteiger charge is -2.25. The van der Waals surface area contributed by atoms with Crippen molar-refractivity contribution in [3.05, 3.63) is 93.5 Å². The third kappa shape index (κ3) is 5.43. The summed E-state index contributed by atoms with van der Waals surface area (Å²) >= 11 is 0. The molecule has 0 saturated carbocycles. The highest BCUT2D eigenvalue weighted by atomic mass is 16.6. The second-order valence-corrected chi connectivity index (χ2v) is 8.32. The Hall–Kier alpha value is -4.48. The number of rotatable bonds is 3. The first-order valence-corrected chi connectivity index (χ1v) is 11.1. The zero-order valence-corrected chi connectivity index (χ0v) is 19.0. The first kappa shape index (κ1) is 24.6. The topological polar surface area (TPSA) is 177 Å². The molecular formula is C25H24N4O7. The smallest absolute Gasteiger partial charge is 0.311 e. The third-order valence-corrected chi connectivity index (χ3v) is 5.75. The molecule has 11 nitrogen and oxygen atoms in total. The van der Waals surface area contributed by atoms with E-state index in [1.54, 1.807) is 36.4 Å². The van der Waals surface area contributed by atoms with Crippen LogP contribution < -0.4 is 21.1 Å². The molecule has 2 aliphatic heterocycles. The van der Waals surface area contributed by atoms with Gasteiger partial charge >= 0.3 is 5.69 Å². The molecule has 0 fully saturated rings. The maximum Gasteiger partial charge on any atom is 0.311 e. The molecule has 5 rings (SSSR count). The first-order valence-electron chi connectivity index (χ1n) is 11.1. The zero-order valence-electron chi connectivity index (χ0n) is 19.0. The number of nitrogens with zero attached hydrogens (tertiary/aromatic N) is 1. The average molecular weight is 492 g/mol. The largest absolute Gasteiger partial charge is 0.508 e. The van der Waals surface area contributed by atoms with Crippen LogP contribution in [0.25, 0.3) is 0 Å². The van der Waals surface area contributed by atoms with Crippen LogP contribution in [0.3, 0.4) is 0 Å². The number of carbonyl (C=O) groups excluding carboxylic acids is 2. The summed E-state index contributed by atoms with van der Waals surface area (Å²) in [5, 5.41) is 36.9. The molecule has 11 heteroatoms. The van der Waals surface area contributed by atoms with Crippen molar-refractivity contribution in [2.45, 2.75) is 24.5 Å². The zero-order chi connectivity index (χ0) is 25.8. The number of aromatic hydroxyl groups is 1. The minimum absolute atomic E-state index is 0.0143. The van der Waals surface area contributed by atoms with E-state index in [-0.39, 0.29) is 29.4 Å². The van der Waals surface area contributed by atoms with Gasteiger partial charge in [-0.05, 0) is 53.4 Å². The van der Waals surface area contributed by atoms with E-state index >= 15 is 0 Å². The van der Waals surface area contributed by atoms with Gasteiger partial charge < -0.3 is 31.3 Å². The lowest BCUT2D eigenvalue weighted by Crippen LogP contribution is -2.48. The predicted octanol–water partition coefficient (Wildman–Crippen LogP) is 1.98. The van der Waals surface area contributed by atoms with Crippen molar-refractivity contribution in [2.24, 2.45) is 5.73 Å². The van der Waals surface area contributed by atoms with E-state index in [4.69, 9.17) is 10.5 Å². The molecule has 2 aliphatic rings. The number of fused-ring (bicyclic) bond motifs is 9. The molecule has 186 valence electrons. The molecule has 4 bridgehead atoms. The highest BCUT2D eigenvalue weighted by Gasteiger charge is 2.29. The monoisotopic (exact) mass is 492 g/mol. The van der Waals surface area contributed by atoms with Crippen LogP contribution in [0.5, 0.6) is 17.2 Å². The molecule has 36 heavy (non-hydrogen) atoms. The van der Waals surface area contributed by atoms with E-state index in [0.29, 0.717) is 16.7 Å². The number of aliphatic hydroxyl groups excluding tert-OH is 1. The van der Waals surface area contributed by atoms with E-state index in [1.807, 2.05) is 0 Å². The third-order valence-electron chi connectivity index (χ3n) is 5.75. The number of hydrogen-bond acceptors (Lipinski definition) is 8. The summed E-state index contributed by atoms with van der Waals surface area (Å²) in [5.74, 6) is -1.19. The maximum absolute atomic E-state index is 13.3. The van der Waals surface area contributed by atoms with Crippen molar-refractivity contribution in [2.75, 3.05) is 6.61 Å². The summed E-state index contributed by atoms with van der Waals surface area (Å²) < 4.78 is 5.76. The summed E-state index contributed by atoms with van der Waals surface area (Å²) in [5.41, 5.74) is 6.96. The van der Waals surface area contributed by atoms with Crippen LogP contribution in [-0.4, -0.2) is 39.6 Å². The van der Waals surface area contributed by atoms with Crippen molar-refractivity contribution < 1.29 is 29.5 Å². The van der Waals surface area contributed by atoms with Crippen LogP contribution in [0.15, 0.2) is 66.7 Å². The number of nitrogens with one attached hydrogen (secondary N) is 2. The molecule has 0 aliphatic carbocycles. The van der Waals surface area contributed by atoms with Crippen molar-refractivity contribution >= 4 is 17.5 Å². The van der Waals surface area contributed by atoms with Crippen LogP contribution in [-0.2, 0) is 16.0 Å². The molecule has 0 aromatic heterocycles. The summed E-state index contributed by atoms with van der Waals surface area (Å²) in [6.45, 7) is -0.482. The summed E-state index contributed by atoms with van der Waals surface area (Å²) in [4.78, 5) is 37.3. The maximum atomic E-state index is 13.3. The summed E-state index contributed by atoms with van der Waals surface area (Å²) in [7, 11) is 0. The Labute approximate surface area is 205 Å². The van der Waals surface area contributed by atoms with Gasteiger partial charge in [0.15, 0.2) is 0 Å². The Bertz CT molecular complexity index is 1310. The quantitative estimate of drug-likeness (QED) is 0.272. The Kier molecular flexibility index (Phi) is 7.13. The Morgan fingerprint density at radius 3 is 2.47 bits per heavy atom. The van der Waals surface area contributed by atoms with E-state index in [2.05, 4.69) is 10.6 Å². The number of nitro groups is 1. The minimum atomic E-state index is -1.24. The van der Waals surface area contributed by atoms with Gasteiger partial charge in [0.2, 0.25) is 17.6 Å². The van der Waals surface area contributed by atoms with Gasteiger partial charge in [-0.1, -0.05) is 30.3 Å². The molecule has 3 atom stereocenters. The van der Waals surface area contributed by atoms with Gasteiger partial charge in [-0.15, -0.1) is 0 Å². The molecular weight excluding hydrogens is 468 g/mol. The van der Waals surface area contributed by atoms with Crippen LogP contribution in [0.2, 0.25) is 0 Å². The number of nitrogens with two attached hydrogens (primary N) is 1. The molecule has 6 N–H and O–H groups in total. The standard InChI is InChI=1S/C25H24N4O7/c26-19-9-14-7-8-22(21(10-14)29(34)35)36-18-6-2-3-15(12-18)20(13-30)27-25(33)23(28-24(19)32)16-4-1-5-17(31)11-16/h1-8,10-12,19-20,23,30-31H,9,13,26H2,(H,27,33)(H,28,32)/t19-,20-,23+/m0/s1. The fraction of sp³-hybridized carbons (Fsp3) is 0.200. The number of phenols is 1. The molecule has 0 radical (unpaired) electrons. The highest BCUT2D eigenvalue weighted by molar-refractivity contribution is 5.91. The number of phenolic OH excluding ortho intramolecular Hbond substituents is 1. The van der Waals surface area contributed by atoms with Crippen LogP contribution in [0.1, 0.15) is 28.8 Å². The van der Waals surface area contributed by atoms with Gasteiger partial charge in [-0.25, -0.2) is 0 Å². The molecule has 0 spiro atoms. The number of hydrogen-bond donors (Lipinski definition) is 5.